The lowest BCUT2D eigenvalue weighted by Crippen LogP contribution is -2.49. The van der Waals surface area contributed by atoms with Crippen molar-refractivity contribution in [3.05, 3.63) is 35.9 Å². The van der Waals surface area contributed by atoms with Gasteiger partial charge in [-0.25, -0.2) is 0 Å². The highest BCUT2D eigenvalue weighted by atomic mass is 16.5. The van der Waals surface area contributed by atoms with Crippen LogP contribution in [0.15, 0.2) is 30.3 Å². The lowest BCUT2D eigenvalue weighted by atomic mass is 9.81. The van der Waals surface area contributed by atoms with Crippen LogP contribution in [-0.2, 0) is 16.1 Å². The van der Waals surface area contributed by atoms with Gasteiger partial charge < -0.3 is 4.74 Å². The molecule has 1 atom stereocenters. The van der Waals surface area contributed by atoms with E-state index in [1.165, 1.54) is 12.7 Å². The Hall–Kier alpha value is -1.35. The second-order valence-electron chi connectivity index (χ2n) is 6.36. The molecule has 1 aliphatic heterocycles. The first kappa shape index (κ1) is 15.0. The highest BCUT2D eigenvalue weighted by molar-refractivity contribution is 5.69. The highest BCUT2D eigenvalue weighted by Crippen LogP contribution is 2.34. The quantitative estimate of drug-likeness (QED) is 0.790. The largest absolute Gasteiger partial charge is 0.469 e. The van der Waals surface area contributed by atoms with E-state index in [0.29, 0.717) is 12.3 Å². The van der Waals surface area contributed by atoms with E-state index in [1.807, 2.05) is 0 Å². The van der Waals surface area contributed by atoms with Crippen molar-refractivity contribution >= 4 is 5.97 Å². The summed E-state index contributed by atoms with van der Waals surface area (Å²) in [5.41, 5.74) is 1.49. The number of ether oxygens (including phenoxy) is 1. The molecule has 0 spiro atoms. The van der Waals surface area contributed by atoms with E-state index in [2.05, 4.69) is 49.1 Å². The van der Waals surface area contributed by atoms with Gasteiger partial charge in [-0.1, -0.05) is 30.3 Å². The minimum atomic E-state index is -0.0812. The standard InChI is InChI=1S/C17H25NO2/c1-17(2)12-15(11-16(19)20-3)9-10-18(17)13-14-7-5-4-6-8-14/h4-8,15H,9-13H2,1-3H3. The van der Waals surface area contributed by atoms with Crippen LogP contribution >= 0.6 is 0 Å². The maximum absolute atomic E-state index is 11.4. The Morgan fingerprint density at radius 2 is 2.05 bits per heavy atom. The highest BCUT2D eigenvalue weighted by Gasteiger charge is 2.35. The van der Waals surface area contributed by atoms with Crippen LogP contribution in [0, 0.1) is 5.92 Å². The molecule has 110 valence electrons. The fourth-order valence-electron chi connectivity index (χ4n) is 3.17. The number of hydrogen-bond acceptors (Lipinski definition) is 3. The number of carbonyl (C=O) groups excluding carboxylic acids is 1. The Bertz CT molecular complexity index is 442. The van der Waals surface area contributed by atoms with Crippen molar-refractivity contribution < 1.29 is 9.53 Å². The van der Waals surface area contributed by atoms with Crippen LogP contribution in [-0.4, -0.2) is 30.1 Å². The molecular weight excluding hydrogens is 250 g/mol. The number of likely N-dealkylation sites (tertiary alicyclic amines) is 1. The Labute approximate surface area is 121 Å². The Kier molecular flexibility index (Phi) is 4.81. The number of methoxy groups -OCH3 is 1. The lowest BCUT2D eigenvalue weighted by molar-refractivity contribution is -0.142. The van der Waals surface area contributed by atoms with Crippen LogP contribution in [0.25, 0.3) is 0 Å². The fourth-order valence-corrected chi connectivity index (χ4v) is 3.17. The molecule has 0 bridgehead atoms. The monoisotopic (exact) mass is 275 g/mol. The van der Waals surface area contributed by atoms with Crippen LogP contribution in [0.1, 0.15) is 38.7 Å². The molecular formula is C17H25NO2. The summed E-state index contributed by atoms with van der Waals surface area (Å²) in [4.78, 5) is 14.0. The summed E-state index contributed by atoms with van der Waals surface area (Å²) in [5, 5.41) is 0. The van der Waals surface area contributed by atoms with Crippen LogP contribution in [0.5, 0.6) is 0 Å². The van der Waals surface area contributed by atoms with E-state index in [4.69, 9.17) is 4.74 Å². The maximum Gasteiger partial charge on any atom is 0.305 e. The second kappa shape index (κ2) is 6.40. The first-order chi connectivity index (χ1) is 9.51. The number of carbonyl (C=O) groups is 1. The molecule has 1 saturated heterocycles. The molecule has 20 heavy (non-hydrogen) atoms. The average Bonchev–Trinajstić information content (AvgIpc) is 2.42. The van der Waals surface area contributed by atoms with Crippen molar-refractivity contribution in [1.29, 1.82) is 0 Å². The molecule has 1 unspecified atom stereocenters. The van der Waals surface area contributed by atoms with Gasteiger partial charge in [-0.3, -0.25) is 9.69 Å². The number of hydrogen-bond donors (Lipinski definition) is 0. The molecule has 0 N–H and O–H groups in total. The van der Waals surface area contributed by atoms with Crippen LogP contribution < -0.4 is 0 Å². The Morgan fingerprint density at radius 3 is 2.65 bits per heavy atom. The summed E-state index contributed by atoms with van der Waals surface area (Å²) in [6.07, 6.45) is 2.68. The van der Waals surface area contributed by atoms with Crippen LogP contribution in [0.3, 0.4) is 0 Å². The van der Waals surface area contributed by atoms with E-state index in [1.54, 1.807) is 0 Å². The molecule has 1 aliphatic rings. The van der Waals surface area contributed by atoms with Gasteiger partial charge in [-0.2, -0.15) is 0 Å². The molecule has 2 rings (SSSR count). The minimum absolute atomic E-state index is 0.0812. The van der Waals surface area contributed by atoms with Crippen molar-refractivity contribution in [2.75, 3.05) is 13.7 Å². The van der Waals surface area contributed by atoms with E-state index in [0.717, 1.165) is 25.9 Å². The number of rotatable bonds is 4. The molecule has 0 amide bonds. The third kappa shape index (κ3) is 3.83. The zero-order chi connectivity index (χ0) is 14.6. The molecule has 3 heteroatoms. The SMILES string of the molecule is COC(=O)CC1CCN(Cc2ccccc2)C(C)(C)C1. The van der Waals surface area contributed by atoms with Crippen molar-refractivity contribution in [2.45, 2.75) is 45.2 Å². The van der Waals surface area contributed by atoms with Gasteiger partial charge in [0.25, 0.3) is 0 Å². The van der Waals surface area contributed by atoms with Crippen LogP contribution in [0.2, 0.25) is 0 Å². The summed E-state index contributed by atoms with van der Waals surface area (Å²) < 4.78 is 4.79. The lowest BCUT2D eigenvalue weighted by Gasteiger charge is -2.45. The summed E-state index contributed by atoms with van der Waals surface area (Å²) in [5.74, 6) is 0.367. The normalized spacial score (nSPS) is 22.4. The number of benzene rings is 1. The van der Waals surface area contributed by atoms with Gasteiger partial charge in [-0.15, -0.1) is 0 Å². The molecule has 3 nitrogen and oxygen atoms in total. The van der Waals surface area contributed by atoms with Crippen molar-refractivity contribution in [3.8, 4) is 0 Å². The third-order valence-corrected chi connectivity index (χ3v) is 4.35. The second-order valence-corrected chi connectivity index (χ2v) is 6.36. The molecule has 0 saturated carbocycles. The van der Waals surface area contributed by atoms with E-state index < -0.39 is 0 Å². The van der Waals surface area contributed by atoms with Crippen molar-refractivity contribution in [3.63, 3.8) is 0 Å². The number of nitrogens with zero attached hydrogens (tertiary/aromatic N) is 1. The maximum atomic E-state index is 11.4. The van der Waals surface area contributed by atoms with Gasteiger partial charge in [0, 0.05) is 18.5 Å². The smallest absolute Gasteiger partial charge is 0.305 e. The van der Waals surface area contributed by atoms with Gasteiger partial charge in [0.05, 0.1) is 7.11 Å². The Balaban J connectivity index is 1.96. The van der Waals surface area contributed by atoms with Crippen LogP contribution in [0.4, 0.5) is 0 Å². The molecule has 1 aromatic rings. The molecule has 0 radical (unpaired) electrons. The van der Waals surface area contributed by atoms with Gasteiger partial charge >= 0.3 is 5.97 Å². The predicted octanol–water partition coefficient (Wildman–Crippen LogP) is 3.24. The molecule has 0 aliphatic carbocycles. The molecule has 1 fully saturated rings. The van der Waals surface area contributed by atoms with E-state index >= 15 is 0 Å². The summed E-state index contributed by atoms with van der Waals surface area (Å²) in [6, 6.07) is 10.6. The van der Waals surface area contributed by atoms with Crippen molar-refractivity contribution in [2.24, 2.45) is 5.92 Å². The van der Waals surface area contributed by atoms with Gasteiger partial charge in [0.2, 0.25) is 0 Å². The summed E-state index contributed by atoms with van der Waals surface area (Å²) >= 11 is 0. The zero-order valence-electron chi connectivity index (χ0n) is 12.8. The zero-order valence-corrected chi connectivity index (χ0v) is 12.8. The third-order valence-electron chi connectivity index (χ3n) is 4.35. The van der Waals surface area contributed by atoms with E-state index in [9.17, 15) is 4.79 Å². The van der Waals surface area contributed by atoms with Gasteiger partial charge in [0.15, 0.2) is 0 Å². The summed E-state index contributed by atoms with van der Waals surface area (Å²) in [6.45, 7) is 6.58. The molecule has 1 heterocycles. The first-order valence-corrected chi connectivity index (χ1v) is 7.37. The molecule has 1 aromatic carbocycles. The minimum Gasteiger partial charge on any atom is -0.469 e. The van der Waals surface area contributed by atoms with E-state index in [-0.39, 0.29) is 11.5 Å². The fraction of sp³-hybridized carbons (Fsp3) is 0.588. The first-order valence-electron chi connectivity index (χ1n) is 7.37. The van der Waals surface area contributed by atoms with Gasteiger partial charge in [-0.05, 0) is 44.7 Å². The van der Waals surface area contributed by atoms with Crippen molar-refractivity contribution in [1.82, 2.24) is 4.90 Å². The predicted molar refractivity (Wildman–Crippen MR) is 80.3 cm³/mol. The number of esters is 1. The summed E-state index contributed by atoms with van der Waals surface area (Å²) in [7, 11) is 1.47. The topological polar surface area (TPSA) is 29.5 Å². The Morgan fingerprint density at radius 1 is 1.35 bits per heavy atom. The number of piperidine rings is 1. The van der Waals surface area contributed by atoms with Gasteiger partial charge in [0.1, 0.15) is 0 Å². The average molecular weight is 275 g/mol. The molecule has 0 aromatic heterocycles.